The van der Waals surface area contributed by atoms with E-state index in [0.717, 1.165) is 5.56 Å². The van der Waals surface area contributed by atoms with Crippen LogP contribution in [-0.2, 0) is 0 Å². The molecule has 1 aliphatic rings. The molecule has 0 saturated carbocycles. The summed E-state index contributed by atoms with van der Waals surface area (Å²) in [6.07, 6.45) is 0. The minimum Gasteiger partial charge on any atom is -0.486 e. The Labute approximate surface area is 88.0 Å². The standard InChI is InChI=1S/C11H14FNO2/c1-7(6-13)8-4-9(12)11-10(5-8)14-2-3-15-11/h4-5,7H,2-3,6,13H2,1H3. The smallest absolute Gasteiger partial charge is 0.197 e. The molecule has 4 heteroatoms. The molecule has 15 heavy (non-hydrogen) atoms. The van der Waals surface area contributed by atoms with Crippen LogP contribution in [0.5, 0.6) is 11.5 Å². The van der Waals surface area contributed by atoms with Gasteiger partial charge in [0.25, 0.3) is 0 Å². The molecular weight excluding hydrogens is 197 g/mol. The molecule has 1 unspecified atom stereocenters. The van der Waals surface area contributed by atoms with E-state index in [0.29, 0.717) is 25.5 Å². The monoisotopic (exact) mass is 211 g/mol. The molecule has 0 bridgehead atoms. The molecular formula is C11H14FNO2. The number of halogens is 1. The van der Waals surface area contributed by atoms with Crippen LogP contribution < -0.4 is 15.2 Å². The zero-order chi connectivity index (χ0) is 10.8. The number of rotatable bonds is 2. The Morgan fingerprint density at radius 3 is 2.87 bits per heavy atom. The lowest BCUT2D eigenvalue weighted by Crippen LogP contribution is -2.17. The molecule has 1 atom stereocenters. The first-order chi connectivity index (χ1) is 7.22. The third kappa shape index (κ3) is 1.90. The molecule has 0 fully saturated rings. The second kappa shape index (κ2) is 4.06. The van der Waals surface area contributed by atoms with Crippen LogP contribution in [0, 0.1) is 5.82 Å². The summed E-state index contributed by atoms with van der Waals surface area (Å²) >= 11 is 0. The largest absolute Gasteiger partial charge is 0.486 e. The van der Waals surface area contributed by atoms with Crippen molar-refractivity contribution in [3.63, 3.8) is 0 Å². The SMILES string of the molecule is CC(CN)c1cc(F)c2c(c1)OCCO2. The van der Waals surface area contributed by atoms with Gasteiger partial charge in [0.05, 0.1) is 0 Å². The van der Waals surface area contributed by atoms with Gasteiger partial charge in [-0.3, -0.25) is 0 Å². The quantitative estimate of drug-likeness (QED) is 0.809. The number of hydrogen-bond donors (Lipinski definition) is 1. The summed E-state index contributed by atoms with van der Waals surface area (Å²) in [5, 5.41) is 0. The molecule has 0 saturated heterocycles. The van der Waals surface area contributed by atoms with Crippen molar-refractivity contribution in [3.8, 4) is 11.5 Å². The average molecular weight is 211 g/mol. The fourth-order valence-electron chi connectivity index (χ4n) is 1.55. The Hall–Kier alpha value is -1.29. The molecule has 2 rings (SSSR count). The highest BCUT2D eigenvalue weighted by Gasteiger charge is 2.19. The molecule has 0 amide bonds. The average Bonchev–Trinajstić information content (AvgIpc) is 2.28. The Kier molecular flexibility index (Phi) is 2.77. The number of benzene rings is 1. The van der Waals surface area contributed by atoms with Crippen LogP contribution >= 0.6 is 0 Å². The van der Waals surface area contributed by atoms with E-state index >= 15 is 0 Å². The van der Waals surface area contributed by atoms with E-state index in [1.165, 1.54) is 6.07 Å². The summed E-state index contributed by atoms with van der Waals surface area (Å²) in [5.41, 5.74) is 6.38. The molecule has 1 heterocycles. The van der Waals surface area contributed by atoms with Crippen LogP contribution in [-0.4, -0.2) is 19.8 Å². The number of hydrogen-bond acceptors (Lipinski definition) is 3. The van der Waals surface area contributed by atoms with Crippen LogP contribution in [0.3, 0.4) is 0 Å². The minimum atomic E-state index is -0.373. The summed E-state index contributed by atoms with van der Waals surface area (Å²) in [6.45, 7) is 3.30. The molecule has 0 spiro atoms. The normalized spacial score (nSPS) is 16.2. The van der Waals surface area contributed by atoms with E-state index in [4.69, 9.17) is 15.2 Å². The number of ether oxygens (including phenoxy) is 2. The second-order valence-electron chi connectivity index (χ2n) is 3.66. The number of fused-ring (bicyclic) bond motifs is 1. The molecule has 82 valence electrons. The van der Waals surface area contributed by atoms with Gasteiger partial charge in [-0.15, -0.1) is 0 Å². The van der Waals surface area contributed by atoms with Crippen molar-refractivity contribution in [1.82, 2.24) is 0 Å². The number of nitrogens with two attached hydrogens (primary N) is 1. The highest BCUT2D eigenvalue weighted by molar-refractivity contribution is 5.46. The van der Waals surface area contributed by atoms with Crippen molar-refractivity contribution < 1.29 is 13.9 Å². The predicted octanol–water partition coefficient (Wildman–Crippen LogP) is 1.66. The van der Waals surface area contributed by atoms with Crippen LogP contribution in [0.2, 0.25) is 0 Å². The van der Waals surface area contributed by atoms with Gasteiger partial charge in [-0.05, 0) is 30.2 Å². The van der Waals surface area contributed by atoms with Crippen molar-refractivity contribution >= 4 is 0 Å². The highest BCUT2D eigenvalue weighted by Crippen LogP contribution is 2.35. The molecule has 3 nitrogen and oxygen atoms in total. The fourth-order valence-corrected chi connectivity index (χ4v) is 1.55. The van der Waals surface area contributed by atoms with Gasteiger partial charge in [0, 0.05) is 0 Å². The first-order valence-corrected chi connectivity index (χ1v) is 5.01. The van der Waals surface area contributed by atoms with Crippen molar-refractivity contribution in [3.05, 3.63) is 23.5 Å². The molecule has 0 radical (unpaired) electrons. The summed E-state index contributed by atoms with van der Waals surface area (Å²) in [6, 6.07) is 3.26. The van der Waals surface area contributed by atoms with Crippen LogP contribution in [0.25, 0.3) is 0 Å². The first-order valence-electron chi connectivity index (χ1n) is 5.01. The van der Waals surface area contributed by atoms with E-state index in [1.807, 2.05) is 6.92 Å². The van der Waals surface area contributed by atoms with E-state index in [2.05, 4.69) is 0 Å². The Morgan fingerprint density at radius 1 is 1.40 bits per heavy atom. The maximum absolute atomic E-state index is 13.6. The topological polar surface area (TPSA) is 44.5 Å². The van der Waals surface area contributed by atoms with Crippen molar-refractivity contribution in [2.45, 2.75) is 12.8 Å². The lowest BCUT2D eigenvalue weighted by Gasteiger charge is -2.20. The zero-order valence-electron chi connectivity index (χ0n) is 8.63. The van der Waals surface area contributed by atoms with Gasteiger partial charge in [0.2, 0.25) is 0 Å². The first kappa shape index (κ1) is 10.2. The third-order valence-corrected chi connectivity index (χ3v) is 2.54. The molecule has 2 N–H and O–H groups in total. The molecule has 0 aliphatic carbocycles. The molecule has 1 aromatic rings. The van der Waals surface area contributed by atoms with Gasteiger partial charge in [-0.1, -0.05) is 6.92 Å². The summed E-state index contributed by atoms with van der Waals surface area (Å²) in [5.74, 6) is 0.448. The van der Waals surface area contributed by atoms with Crippen LogP contribution in [0.15, 0.2) is 12.1 Å². The zero-order valence-corrected chi connectivity index (χ0v) is 8.63. The van der Waals surface area contributed by atoms with Crippen LogP contribution in [0.4, 0.5) is 4.39 Å². The maximum Gasteiger partial charge on any atom is 0.197 e. The van der Waals surface area contributed by atoms with E-state index in [1.54, 1.807) is 6.07 Å². The summed E-state index contributed by atoms with van der Waals surface area (Å²) < 4.78 is 24.1. The highest BCUT2D eigenvalue weighted by atomic mass is 19.1. The Balaban J connectivity index is 2.40. The molecule has 1 aliphatic heterocycles. The maximum atomic E-state index is 13.6. The van der Waals surface area contributed by atoms with Crippen molar-refractivity contribution in [2.75, 3.05) is 19.8 Å². The van der Waals surface area contributed by atoms with E-state index in [9.17, 15) is 4.39 Å². The van der Waals surface area contributed by atoms with Crippen molar-refractivity contribution in [2.24, 2.45) is 5.73 Å². The van der Waals surface area contributed by atoms with Gasteiger partial charge >= 0.3 is 0 Å². The van der Waals surface area contributed by atoms with E-state index in [-0.39, 0.29) is 17.5 Å². The fraction of sp³-hybridized carbons (Fsp3) is 0.455. The van der Waals surface area contributed by atoms with Crippen molar-refractivity contribution in [1.29, 1.82) is 0 Å². The van der Waals surface area contributed by atoms with Crippen LogP contribution in [0.1, 0.15) is 18.4 Å². The Bertz CT molecular complexity index is 368. The molecule has 1 aromatic carbocycles. The second-order valence-corrected chi connectivity index (χ2v) is 3.66. The third-order valence-electron chi connectivity index (χ3n) is 2.54. The van der Waals surface area contributed by atoms with Gasteiger partial charge in [-0.2, -0.15) is 0 Å². The Morgan fingerprint density at radius 2 is 2.13 bits per heavy atom. The van der Waals surface area contributed by atoms with Gasteiger partial charge < -0.3 is 15.2 Å². The van der Waals surface area contributed by atoms with E-state index < -0.39 is 0 Å². The lowest BCUT2D eigenvalue weighted by molar-refractivity contribution is 0.164. The predicted molar refractivity (Wildman–Crippen MR) is 54.9 cm³/mol. The van der Waals surface area contributed by atoms with Gasteiger partial charge in [-0.25, -0.2) is 4.39 Å². The summed E-state index contributed by atoms with van der Waals surface area (Å²) in [7, 11) is 0. The van der Waals surface area contributed by atoms with Gasteiger partial charge in [0.15, 0.2) is 17.3 Å². The lowest BCUT2D eigenvalue weighted by atomic mass is 10.0. The minimum absolute atomic E-state index is 0.121. The van der Waals surface area contributed by atoms with Gasteiger partial charge in [0.1, 0.15) is 13.2 Å². The summed E-state index contributed by atoms with van der Waals surface area (Å²) in [4.78, 5) is 0. The molecule has 0 aromatic heterocycles.